The molecule has 1 fully saturated rings. The predicted octanol–water partition coefficient (Wildman–Crippen LogP) is 3.55. The van der Waals surface area contributed by atoms with Crippen LogP contribution in [0.3, 0.4) is 0 Å². The Morgan fingerprint density at radius 2 is 1.90 bits per heavy atom. The SMILES string of the molecule is C[C@@H]1CN(c2ccc(Cl)cc2)CCN1C(=O)CNc1ccc2c(c1)CCC(=O)C2. The smallest absolute Gasteiger partial charge is 0.242 e. The van der Waals surface area contributed by atoms with Crippen LogP contribution in [0, 0.1) is 0 Å². The van der Waals surface area contributed by atoms with Crippen LogP contribution >= 0.6 is 11.6 Å². The Kier molecular flexibility index (Phi) is 5.76. The standard InChI is InChI=1S/C23H26ClN3O2/c1-16-15-26(21-7-4-19(24)5-8-21)10-11-27(16)23(29)14-25-20-6-2-18-13-22(28)9-3-17(18)12-20/h2,4-8,12,16,25H,3,9-11,13-15H2,1H3/t16-/m1/s1. The van der Waals surface area contributed by atoms with E-state index in [1.54, 1.807) is 0 Å². The van der Waals surface area contributed by atoms with Crippen molar-refractivity contribution in [3.63, 3.8) is 0 Å². The van der Waals surface area contributed by atoms with Gasteiger partial charge in [0.2, 0.25) is 5.91 Å². The van der Waals surface area contributed by atoms with Crippen LogP contribution in [0.2, 0.25) is 5.02 Å². The molecular weight excluding hydrogens is 386 g/mol. The molecule has 0 radical (unpaired) electrons. The summed E-state index contributed by atoms with van der Waals surface area (Å²) in [4.78, 5) is 28.6. The summed E-state index contributed by atoms with van der Waals surface area (Å²) < 4.78 is 0. The summed E-state index contributed by atoms with van der Waals surface area (Å²) in [7, 11) is 0. The molecule has 0 unspecified atom stereocenters. The highest BCUT2D eigenvalue weighted by molar-refractivity contribution is 6.30. The maximum absolute atomic E-state index is 12.8. The Morgan fingerprint density at radius 3 is 2.66 bits per heavy atom. The maximum atomic E-state index is 12.8. The Morgan fingerprint density at radius 1 is 1.10 bits per heavy atom. The van der Waals surface area contributed by atoms with Gasteiger partial charge in [0, 0.05) is 54.9 Å². The Bertz CT molecular complexity index is 913. The summed E-state index contributed by atoms with van der Waals surface area (Å²) in [6, 6.07) is 14.0. The van der Waals surface area contributed by atoms with Crippen molar-refractivity contribution in [3.8, 4) is 0 Å². The molecular formula is C23H26ClN3O2. The molecule has 1 aliphatic heterocycles. The lowest BCUT2D eigenvalue weighted by atomic mass is 9.90. The number of fused-ring (bicyclic) bond motifs is 1. The van der Waals surface area contributed by atoms with Crippen molar-refractivity contribution in [2.75, 3.05) is 36.4 Å². The maximum Gasteiger partial charge on any atom is 0.242 e. The number of hydrogen-bond donors (Lipinski definition) is 1. The van der Waals surface area contributed by atoms with Gasteiger partial charge in [-0.05, 0) is 60.9 Å². The van der Waals surface area contributed by atoms with Crippen molar-refractivity contribution < 1.29 is 9.59 Å². The second-order valence-corrected chi connectivity index (χ2v) is 8.35. The lowest BCUT2D eigenvalue weighted by Crippen LogP contribution is -2.55. The van der Waals surface area contributed by atoms with Crippen molar-refractivity contribution in [1.82, 2.24) is 4.90 Å². The summed E-state index contributed by atoms with van der Waals surface area (Å²) in [6.45, 7) is 4.69. The molecule has 0 spiro atoms. The number of Topliss-reactive ketones (excluding diaryl/α,β-unsaturated/α-hetero) is 1. The van der Waals surface area contributed by atoms with Crippen molar-refractivity contribution in [1.29, 1.82) is 0 Å². The van der Waals surface area contributed by atoms with E-state index in [2.05, 4.69) is 23.2 Å². The lowest BCUT2D eigenvalue weighted by molar-refractivity contribution is -0.131. The van der Waals surface area contributed by atoms with Gasteiger partial charge in [0.1, 0.15) is 5.78 Å². The summed E-state index contributed by atoms with van der Waals surface area (Å²) in [5.74, 6) is 0.418. The van der Waals surface area contributed by atoms with E-state index < -0.39 is 0 Å². The zero-order valence-corrected chi connectivity index (χ0v) is 17.4. The third-order valence-corrected chi connectivity index (χ3v) is 6.10. The molecule has 2 aromatic rings. The van der Waals surface area contributed by atoms with E-state index in [1.165, 1.54) is 5.56 Å². The molecule has 0 bridgehead atoms. The molecule has 0 saturated carbocycles. The van der Waals surface area contributed by atoms with Gasteiger partial charge in [0.25, 0.3) is 0 Å². The first-order valence-electron chi connectivity index (χ1n) is 10.2. The molecule has 1 saturated heterocycles. The highest BCUT2D eigenvalue weighted by atomic mass is 35.5. The quantitative estimate of drug-likeness (QED) is 0.836. The Balaban J connectivity index is 1.32. The molecule has 2 aliphatic rings. The number of hydrogen-bond acceptors (Lipinski definition) is 4. The molecule has 2 aromatic carbocycles. The number of carbonyl (C=O) groups excluding carboxylic acids is 2. The minimum Gasteiger partial charge on any atom is -0.376 e. The third-order valence-electron chi connectivity index (χ3n) is 5.85. The average molecular weight is 412 g/mol. The number of aryl methyl sites for hydroxylation is 1. The van der Waals surface area contributed by atoms with Crippen LogP contribution in [0.1, 0.15) is 24.5 Å². The first kappa shape index (κ1) is 19.8. The van der Waals surface area contributed by atoms with Gasteiger partial charge in [0.05, 0.1) is 6.54 Å². The van der Waals surface area contributed by atoms with Crippen LogP contribution in [0.25, 0.3) is 0 Å². The van der Waals surface area contributed by atoms with Crippen molar-refractivity contribution in [2.24, 2.45) is 0 Å². The number of carbonyl (C=O) groups is 2. The van der Waals surface area contributed by atoms with Crippen LogP contribution in [-0.4, -0.2) is 48.8 Å². The summed E-state index contributed by atoms with van der Waals surface area (Å²) in [5, 5.41) is 4.00. The van der Waals surface area contributed by atoms with E-state index in [0.717, 1.165) is 41.5 Å². The molecule has 1 N–H and O–H groups in total. The molecule has 6 heteroatoms. The van der Waals surface area contributed by atoms with E-state index in [9.17, 15) is 9.59 Å². The fourth-order valence-electron chi connectivity index (χ4n) is 4.21. The number of piperazine rings is 1. The molecule has 152 valence electrons. The molecule has 4 rings (SSSR count). The van der Waals surface area contributed by atoms with Crippen LogP contribution in [-0.2, 0) is 22.4 Å². The van der Waals surface area contributed by atoms with Crippen LogP contribution in [0.5, 0.6) is 0 Å². The summed E-state index contributed by atoms with van der Waals surface area (Å²) >= 11 is 5.98. The van der Waals surface area contributed by atoms with E-state index in [1.807, 2.05) is 41.3 Å². The molecule has 29 heavy (non-hydrogen) atoms. The molecule has 1 aliphatic carbocycles. The number of amides is 1. The minimum absolute atomic E-state index is 0.112. The average Bonchev–Trinajstić information content (AvgIpc) is 2.72. The van der Waals surface area contributed by atoms with E-state index in [-0.39, 0.29) is 18.5 Å². The van der Waals surface area contributed by atoms with Crippen LogP contribution in [0.4, 0.5) is 11.4 Å². The number of nitrogens with one attached hydrogen (secondary N) is 1. The highest BCUT2D eigenvalue weighted by Crippen LogP contribution is 2.24. The monoisotopic (exact) mass is 411 g/mol. The fraction of sp³-hybridized carbons (Fsp3) is 0.391. The van der Waals surface area contributed by atoms with Crippen molar-refractivity contribution in [2.45, 2.75) is 32.2 Å². The second kappa shape index (κ2) is 8.46. The van der Waals surface area contributed by atoms with Crippen molar-refractivity contribution >= 4 is 34.7 Å². The minimum atomic E-state index is 0.112. The molecule has 5 nitrogen and oxygen atoms in total. The van der Waals surface area contributed by atoms with Gasteiger partial charge in [-0.25, -0.2) is 0 Å². The third kappa shape index (κ3) is 4.56. The molecule has 1 amide bonds. The largest absolute Gasteiger partial charge is 0.376 e. The first-order chi connectivity index (χ1) is 14.0. The number of ketones is 1. The number of anilines is 2. The zero-order valence-electron chi connectivity index (χ0n) is 16.7. The predicted molar refractivity (Wildman–Crippen MR) is 117 cm³/mol. The van der Waals surface area contributed by atoms with Crippen molar-refractivity contribution in [3.05, 3.63) is 58.6 Å². The van der Waals surface area contributed by atoms with Gasteiger partial charge < -0.3 is 15.1 Å². The molecule has 1 heterocycles. The van der Waals surface area contributed by atoms with Gasteiger partial charge in [-0.3, -0.25) is 9.59 Å². The lowest BCUT2D eigenvalue weighted by Gasteiger charge is -2.41. The number of benzene rings is 2. The van der Waals surface area contributed by atoms with Crippen LogP contribution in [0.15, 0.2) is 42.5 Å². The number of rotatable bonds is 4. The van der Waals surface area contributed by atoms with E-state index in [0.29, 0.717) is 25.2 Å². The zero-order chi connectivity index (χ0) is 20.4. The number of nitrogens with zero attached hydrogens (tertiary/aromatic N) is 2. The normalized spacial score (nSPS) is 19.1. The van der Waals surface area contributed by atoms with Gasteiger partial charge in [-0.2, -0.15) is 0 Å². The Labute approximate surface area is 176 Å². The Hall–Kier alpha value is -2.53. The van der Waals surface area contributed by atoms with Gasteiger partial charge >= 0.3 is 0 Å². The fourth-order valence-corrected chi connectivity index (χ4v) is 4.34. The van der Waals surface area contributed by atoms with Gasteiger partial charge in [-0.15, -0.1) is 0 Å². The topological polar surface area (TPSA) is 52.6 Å². The molecule has 0 aromatic heterocycles. The molecule has 1 atom stereocenters. The van der Waals surface area contributed by atoms with Crippen LogP contribution < -0.4 is 10.2 Å². The first-order valence-corrected chi connectivity index (χ1v) is 10.5. The highest BCUT2D eigenvalue weighted by Gasteiger charge is 2.27. The second-order valence-electron chi connectivity index (χ2n) is 7.91. The van der Waals surface area contributed by atoms with E-state index >= 15 is 0 Å². The van der Waals surface area contributed by atoms with Gasteiger partial charge in [-0.1, -0.05) is 17.7 Å². The number of halogens is 1. The summed E-state index contributed by atoms with van der Waals surface area (Å²) in [6.07, 6.45) is 1.94. The van der Waals surface area contributed by atoms with E-state index in [4.69, 9.17) is 11.6 Å². The summed E-state index contributed by atoms with van der Waals surface area (Å²) in [5.41, 5.74) is 4.41. The van der Waals surface area contributed by atoms with Gasteiger partial charge in [0.15, 0.2) is 0 Å².